The third kappa shape index (κ3) is 6.73. The molecule has 1 amide bonds. The van der Waals surface area contributed by atoms with Crippen molar-refractivity contribution in [3.8, 4) is 5.75 Å². The molecule has 0 bridgehead atoms. The largest absolute Gasteiger partial charge is 0.493 e. The topological polar surface area (TPSA) is 73.6 Å². The van der Waals surface area contributed by atoms with Crippen LogP contribution in [0, 0.1) is 5.82 Å². The van der Waals surface area contributed by atoms with E-state index < -0.39 is 5.91 Å². The molecule has 0 aliphatic heterocycles. The average molecular weight is 270 g/mol. The van der Waals surface area contributed by atoms with Crippen LogP contribution >= 0.6 is 0 Å². The van der Waals surface area contributed by atoms with E-state index in [1.165, 1.54) is 12.1 Å². The highest BCUT2D eigenvalue weighted by molar-refractivity contribution is 5.73. The van der Waals surface area contributed by atoms with Crippen LogP contribution in [0.4, 0.5) is 4.39 Å². The third-order valence-corrected chi connectivity index (χ3v) is 2.36. The minimum atomic E-state index is -0.446. The highest BCUT2D eigenvalue weighted by Gasteiger charge is 2.03. The molecule has 1 aromatic rings. The van der Waals surface area contributed by atoms with E-state index in [9.17, 15) is 9.18 Å². The predicted molar refractivity (Wildman–Crippen MR) is 69.3 cm³/mol. The molecule has 3 N–H and O–H groups in total. The lowest BCUT2D eigenvalue weighted by Crippen LogP contribution is -2.18. The molecule has 19 heavy (non-hydrogen) atoms. The number of primary amides is 1. The van der Waals surface area contributed by atoms with Crippen LogP contribution in [0.3, 0.4) is 0 Å². The molecule has 0 saturated heterocycles. The van der Waals surface area contributed by atoms with E-state index in [1.54, 1.807) is 13.2 Å². The number of nitrogens with one attached hydrogen (secondary N) is 1. The van der Waals surface area contributed by atoms with E-state index in [1.807, 2.05) is 0 Å². The van der Waals surface area contributed by atoms with Gasteiger partial charge in [0.15, 0.2) is 0 Å². The second-order valence-corrected chi connectivity index (χ2v) is 4.03. The maximum Gasteiger partial charge on any atom is 0.220 e. The lowest BCUT2D eigenvalue weighted by Gasteiger charge is -2.09. The summed E-state index contributed by atoms with van der Waals surface area (Å²) in [4.78, 5) is 10.6. The third-order valence-electron chi connectivity index (χ3n) is 2.36. The molecule has 0 atom stereocenters. The van der Waals surface area contributed by atoms with E-state index in [4.69, 9.17) is 15.2 Å². The van der Waals surface area contributed by atoms with E-state index in [0.717, 1.165) is 5.56 Å². The van der Waals surface area contributed by atoms with Crippen molar-refractivity contribution in [1.82, 2.24) is 5.32 Å². The van der Waals surface area contributed by atoms with Gasteiger partial charge in [-0.25, -0.2) is 4.39 Å². The van der Waals surface area contributed by atoms with E-state index >= 15 is 0 Å². The Kier molecular flexibility index (Phi) is 6.84. The van der Waals surface area contributed by atoms with E-state index in [2.05, 4.69) is 5.32 Å². The smallest absolute Gasteiger partial charge is 0.220 e. The van der Waals surface area contributed by atoms with Gasteiger partial charge in [0.1, 0.15) is 11.6 Å². The van der Waals surface area contributed by atoms with Crippen LogP contribution in [0.2, 0.25) is 0 Å². The van der Waals surface area contributed by atoms with Crippen molar-refractivity contribution in [1.29, 1.82) is 0 Å². The highest BCUT2D eigenvalue weighted by atomic mass is 19.1. The normalized spacial score (nSPS) is 10.4. The van der Waals surface area contributed by atoms with Gasteiger partial charge in [0.25, 0.3) is 0 Å². The molecule has 6 heteroatoms. The fourth-order valence-electron chi connectivity index (χ4n) is 1.48. The number of carbonyl (C=O) groups excluding carboxylic acids is 1. The quantitative estimate of drug-likeness (QED) is 0.651. The first-order valence-electron chi connectivity index (χ1n) is 6.02. The van der Waals surface area contributed by atoms with Crippen LogP contribution in [-0.2, 0) is 16.1 Å². The number of hydrogen-bond donors (Lipinski definition) is 2. The molecule has 0 aromatic heterocycles. The lowest BCUT2D eigenvalue weighted by molar-refractivity contribution is -0.118. The number of amides is 1. The molecule has 5 nitrogen and oxygen atoms in total. The molecule has 1 aromatic carbocycles. The Hall–Kier alpha value is -1.66. The Morgan fingerprint density at radius 1 is 1.37 bits per heavy atom. The zero-order chi connectivity index (χ0) is 14.1. The molecule has 0 fully saturated rings. The van der Waals surface area contributed by atoms with Gasteiger partial charge >= 0.3 is 0 Å². The van der Waals surface area contributed by atoms with Crippen LogP contribution in [0.25, 0.3) is 0 Å². The van der Waals surface area contributed by atoms with Crippen molar-refractivity contribution in [2.24, 2.45) is 5.73 Å². The summed E-state index contributed by atoms with van der Waals surface area (Å²) in [5.41, 5.74) is 5.76. The second kappa shape index (κ2) is 8.44. The van der Waals surface area contributed by atoms with Crippen molar-refractivity contribution in [2.45, 2.75) is 13.0 Å². The lowest BCUT2D eigenvalue weighted by atomic mass is 10.2. The molecule has 0 aliphatic carbocycles. The Balaban J connectivity index is 2.48. The van der Waals surface area contributed by atoms with Gasteiger partial charge in [-0.3, -0.25) is 4.79 Å². The number of rotatable bonds is 9. The number of nitrogens with two attached hydrogens (primary N) is 1. The van der Waals surface area contributed by atoms with Crippen molar-refractivity contribution in [3.63, 3.8) is 0 Å². The van der Waals surface area contributed by atoms with Crippen molar-refractivity contribution >= 4 is 5.91 Å². The SMILES string of the molecule is COCCNCc1cc(F)cc(OCCC(N)=O)c1. The number of benzene rings is 1. The first-order valence-corrected chi connectivity index (χ1v) is 6.02. The standard InChI is InChI=1S/C13H19FN2O3/c1-18-5-3-16-9-10-6-11(14)8-12(7-10)19-4-2-13(15)17/h6-8,16H,2-5,9H2,1H3,(H2,15,17). The second-order valence-electron chi connectivity index (χ2n) is 4.03. The zero-order valence-corrected chi connectivity index (χ0v) is 10.9. The zero-order valence-electron chi connectivity index (χ0n) is 10.9. The van der Waals surface area contributed by atoms with Gasteiger partial charge in [-0.1, -0.05) is 0 Å². The minimum Gasteiger partial charge on any atom is -0.493 e. The van der Waals surface area contributed by atoms with Crippen LogP contribution in [0.15, 0.2) is 18.2 Å². The summed E-state index contributed by atoms with van der Waals surface area (Å²) in [6.07, 6.45) is 0.109. The first kappa shape index (κ1) is 15.4. The van der Waals surface area contributed by atoms with Crippen LogP contribution in [-0.4, -0.2) is 32.8 Å². The van der Waals surface area contributed by atoms with Gasteiger partial charge in [0.2, 0.25) is 5.91 Å². The van der Waals surface area contributed by atoms with Gasteiger partial charge in [-0.15, -0.1) is 0 Å². The van der Waals surface area contributed by atoms with Crippen LogP contribution in [0.5, 0.6) is 5.75 Å². The van der Waals surface area contributed by atoms with E-state index in [0.29, 0.717) is 25.4 Å². The molecule has 0 aliphatic rings. The fraction of sp³-hybridized carbons (Fsp3) is 0.462. The summed E-state index contributed by atoms with van der Waals surface area (Å²) in [6, 6.07) is 4.43. The number of methoxy groups -OCH3 is 1. The Morgan fingerprint density at radius 2 is 2.16 bits per heavy atom. The molecule has 106 valence electrons. The maximum atomic E-state index is 13.4. The molecular formula is C13H19FN2O3. The number of halogens is 1. The summed E-state index contributed by atoms with van der Waals surface area (Å²) in [7, 11) is 1.62. The molecule has 0 spiro atoms. The number of hydrogen-bond acceptors (Lipinski definition) is 4. The van der Waals surface area contributed by atoms with Crippen LogP contribution in [0.1, 0.15) is 12.0 Å². The summed E-state index contributed by atoms with van der Waals surface area (Å²) in [5, 5.41) is 3.11. The average Bonchev–Trinajstić information content (AvgIpc) is 2.34. The molecular weight excluding hydrogens is 251 g/mol. The summed E-state index contributed by atoms with van der Waals surface area (Å²) < 4.78 is 23.5. The first-order chi connectivity index (χ1) is 9.11. The molecule has 0 saturated carbocycles. The van der Waals surface area contributed by atoms with Crippen molar-refractivity contribution in [3.05, 3.63) is 29.6 Å². The molecule has 1 rings (SSSR count). The number of ether oxygens (including phenoxy) is 2. The summed E-state index contributed by atoms with van der Waals surface area (Å²) in [6.45, 7) is 1.95. The van der Waals surface area contributed by atoms with Gasteiger partial charge in [-0.2, -0.15) is 0 Å². The van der Waals surface area contributed by atoms with Crippen LogP contribution < -0.4 is 15.8 Å². The van der Waals surface area contributed by atoms with Crippen molar-refractivity contribution in [2.75, 3.05) is 26.9 Å². The van der Waals surface area contributed by atoms with Crippen molar-refractivity contribution < 1.29 is 18.7 Å². The van der Waals surface area contributed by atoms with Gasteiger partial charge < -0.3 is 20.5 Å². The van der Waals surface area contributed by atoms with Gasteiger partial charge in [0, 0.05) is 26.3 Å². The van der Waals surface area contributed by atoms with E-state index in [-0.39, 0.29) is 18.8 Å². The summed E-state index contributed by atoms with van der Waals surface area (Å²) >= 11 is 0. The Labute approximate surface area is 111 Å². The fourth-order valence-corrected chi connectivity index (χ4v) is 1.48. The highest BCUT2D eigenvalue weighted by Crippen LogP contribution is 2.16. The van der Waals surface area contributed by atoms with Gasteiger partial charge in [0.05, 0.1) is 19.6 Å². The molecule has 0 heterocycles. The molecule has 0 radical (unpaired) electrons. The predicted octanol–water partition coefficient (Wildman–Crippen LogP) is 0.816. The summed E-state index contributed by atoms with van der Waals surface area (Å²) in [5.74, 6) is -0.428. The monoisotopic (exact) mass is 270 g/mol. The van der Waals surface area contributed by atoms with Gasteiger partial charge in [-0.05, 0) is 17.7 Å². The molecule has 0 unspecified atom stereocenters. The minimum absolute atomic E-state index is 0.109. The number of carbonyl (C=O) groups is 1. The maximum absolute atomic E-state index is 13.4. The Bertz CT molecular complexity index is 413. The Morgan fingerprint density at radius 3 is 2.84 bits per heavy atom.